The monoisotopic (exact) mass is 318 g/mol. The molecule has 0 aliphatic heterocycles. The summed E-state index contributed by atoms with van der Waals surface area (Å²) in [6, 6.07) is 0. The number of fused-ring (bicyclic) bond motifs is 1. The average Bonchev–Trinajstić information content (AvgIpc) is 3.01. The molecule has 2 N–H and O–H groups in total. The predicted octanol–water partition coefficient (Wildman–Crippen LogP) is 3.70. The van der Waals surface area contributed by atoms with Crippen LogP contribution in [0.4, 0.5) is 0 Å². The lowest BCUT2D eigenvalue weighted by Crippen LogP contribution is -2.59. The smallest absolute Gasteiger partial charge is 0.309 e. The summed E-state index contributed by atoms with van der Waals surface area (Å²) in [5.41, 5.74) is 0.403. The van der Waals surface area contributed by atoms with Crippen molar-refractivity contribution in [3.05, 3.63) is 0 Å². The van der Waals surface area contributed by atoms with Crippen molar-refractivity contribution in [3.63, 3.8) is 0 Å². The number of carbonyl (C=O) groups is 1. The topological polar surface area (TPSA) is 57.5 Å². The first kappa shape index (κ1) is 14.7. The van der Waals surface area contributed by atoms with Gasteiger partial charge in [-0.15, -0.1) is 0 Å². The van der Waals surface area contributed by atoms with E-state index in [1.54, 1.807) is 0 Å². The molecule has 6 saturated carbocycles. The summed E-state index contributed by atoms with van der Waals surface area (Å²) in [5.74, 6) is 2.02. The van der Waals surface area contributed by atoms with E-state index in [1.807, 2.05) is 6.92 Å². The van der Waals surface area contributed by atoms with E-state index in [4.69, 9.17) is 0 Å². The summed E-state index contributed by atoms with van der Waals surface area (Å²) >= 11 is 0. The molecule has 6 rings (SSSR count). The summed E-state index contributed by atoms with van der Waals surface area (Å²) in [4.78, 5) is 12.1. The highest BCUT2D eigenvalue weighted by atomic mass is 16.4. The molecule has 4 bridgehead atoms. The number of hydrogen-bond donors (Lipinski definition) is 2. The minimum atomic E-state index is -0.567. The van der Waals surface area contributed by atoms with Crippen molar-refractivity contribution >= 4 is 5.97 Å². The third-order valence-electron chi connectivity index (χ3n) is 9.88. The Kier molecular flexibility index (Phi) is 2.55. The predicted molar refractivity (Wildman–Crippen MR) is 86.7 cm³/mol. The van der Waals surface area contributed by atoms with Gasteiger partial charge in [-0.1, -0.05) is 13.3 Å². The van der Waals surface area contributed by atoms with E-state index in [0.717, 1.165) is 31.1 Å². The van der Waals surface area contributed by atoms with Crippen LogP contribution in [0.15, 0.2) is 0 Å². The van der Waals surface area contributed by atoms with E-state index in [-0.39, 0.29) is 10.8 Å². The highest BCUT2D eigenvalue weighted by molar-refractivity contribution is 5.75. The zero-order valence-electron chi connectivity index (χ0n) is 14.5. The quantitative estimate of drug-likeness (QED) is 0.816. The summed E-state index contributed by atoms with van der Waals surface area (Å²) in [6.07, 6.45) is 9.29. The van der Waals surface area contributed by atoms with Gasteiger partial charge in [-0.2, -0.15) is 0 Å². The zero-order valence-corrected chi connectivity index (χ0v) is 14.5. The van der Waals surface area contributed by atoms with Crippen LogP contribution in [0.2, 0.25) is 0 Å². The van der Waals surface area contributed by atoms with Gasteiger partial charge >= 0.3 is 5.97 Å². The lowest BCUT2D eigenvalue weighted by Gasteiger charge is -2.65. The Morgan fingerprint density at radius 1 is 1.13 bits per heavy atom. The maximum Gasteiger partial charge on any atom is 0.309 e. The van der Waals surface area contributed by atoms with E-state index in [2.05, 4.69) is 6.92 Å². The molecule has 23 heavy (non-hydrogen) atoms. The zero-order chi connectivity index (χ0) is 16.3. The summed E-state index contributed by atoms with van der Waals surface area (Å²) in [5, 5.41) is 19.9. The van der Waals surface area contributed by atoms with Crippen LogP contribution in [0, 0.1) is 45.3 Å². The molecule has 3 heteroatoms. The van der Waals surface area contributed by atoms with E-state index >= 15 is 0 Å². The Morgan fingerprint density at radius 3 is 2.57 bits per heavy atom. The number of aliphatic hydroxyl groups excluding tert-OH is 1. The van der Waals surface area contributed by atoms with Gasteiger partial charge in [0, 0.05) is 12.0 Å². The Balaban J connectivity index is 1.54. The molecule has 6 fully saturated rings. The van der Waals surface area contributed by atoms with Gasteiger partial charge in [0.15, 0.2) is 0 Å². The molecule has 1 spiro atoms. The maximum atomic E-state index is 12.1. The van der Waals surface area contributed by atoms with E-state index in [1.165, 1.54) is 32.1 Å². The highest BCUT2D eigenvalue weighted by Crippen LogP contribution is 2.85. The van der Waals surface area contributed by atoms with E-state index in [9.17, 15) is 15.0 Å². The second kappa shape index (κ2) is 3.98. The molecule has 0 heterocycles. The van der Waals surface area contributed by atoms with Crippen molar-refractivity contribution in [1.82, 2.24) is 0 Å². The fraction of sp³-hybridized carbons (Fsp3) is 0.950. The van der Waals surface area contributed by atoms with Gasteiger partial charge in [-0.3, -0.25) is 4.79 Å². The van der Waals surface area contributed by atoms with Crippen LogP contribution in [-0.4, -0.2) is 22.8 Å². The van der Waals surface area contributed by atoms with Crippen molar-refractivity contribution in [3.8, 4) is 0 Å². The molecule has 6 aliphatic rings. The van der Waals surface area contributed by atoms with Crippen molar-refractivity contribution < 1.29 is 15.0 Å². The van der Waals surface area contributed by atoms with Crippen LogP contribution < -0.4 is 0 Å². The molecule has 128 valence electrons. The van der Waals surface area contributed by atoms with Crippen LogP contribution in [0.1, 0.15) is 65.2 Å². The minimum Gasteiger partial charge on any atom is -0.481 e. The van der Waals surface area contributed by atoms with Crippen LogP contribution in [0.3, 0.4) is 0 Å². The van der Waals surface area contributed by atoms with Crippen molar-refractivity contribution in [2.75, 3.05) is 6.61 Å². The normalized spacial score (nSPS) is 62.4. The molecule has 0 amide bonds. The lowest BCUT2D eigenvalue weighted by atomic mass is 9.39. The molecular formula is C20H30O3. The maximum absolute atomic E-state index is 12.1. The van der Waals surface area contributed by atoms with E-state index < -0.39 is 11.4 Å². The minimum absolute atomic E-state index is 0.207. The van der Waals surface area contributed by atoms with Crippen LogP contribution in [0.25, 0.3) is 0 Å². The molecular weight excluding hydrogens is 288 g/mol. The number of carboxylic acid groups (broad SMARTS) is 1. The number of carboxylic acids is 1. The molecule has 0 aromatic rings. The Hall–Kier alpha value is -0.570. The van der Waals surface area contributed by atoms with Gasteiger partial charge in [0.1, 0.15) is 0 Å². The Bertz CT molecular complexity index is 587. The molecule has 0 unspecified atom stereocenters. The van der Waals surface area contributed by atoms with Crippen LogP contribution in [0.5, 0.6) is 0 Å². The second-order valence-electron chi connectivity index (χ2n) is 10.3. The summed E-state index contributed by atoms with van der Waals surface area (Å²) in [7, 11) is 0. The number of aliphatic carboxylic acids is 1. The molecule has 0 radical (unpaired) electrons. The molecule has 0 aromatic heterocycles. The van der Waals surface area contributed by atoms with Crippen LogP contribution >= 0.6 is 0 Å². The number of aliphatic hydroxyl groups is 1. The second-order valence-corrected chi connectivity index (χ2v) is 10.3. The fourth-order valence-corrected chi connectivity index (χ4v) is 8.90. The molecule has 0 aromatic carbocycles. The molecule has 8 atom stereocenters. The lowest BCUT2D eigenvalue weighted by molar-refractivity contribution is -0.187. The highest BCUT2D eigenvalue weighted by Gasteiger charge is 2.80. The summed E-state index contributed by atoms with van der Waals surface area (Å²) < 4.78 is 0. The van der Waals surface area contributed by atoms with Gasteiger partial charge in [-0.25, -0.2) is 0 Å². The standard InChI is InChI=1S/C20H30O3/c1-17-5-3-6-18(2,16(22)23)14(17)4-7-19-9-13-12(8-15(17)19)20(13,10-19)11-21/h12-15,21H,3-11H2,1-2H3,(H,22,23)/t12-,13+,14+,15-,17-,18+,19+,20+/m0/s1. The fourth-order valence-electron chi connectivity index (χ4n) is 8.90. The largest absolute Gasteiger partial charge is 0.481 e. The van der Waals surface area contributed by atoms with Gasteiger partial charge in [0.25, 0.3) is 0 Å². The Labute approximate surface area is 138 Å². The number of hydrogen-bond acceptors (Lipinski definition) is 2. The SMILES string of the molecule is C[C@]12CCC[C@@](C)(C(=O)O)[C@@H]1CC[C@]13C[C@@H]4[C@H](C[C@H]12)[C@]4(CO)C3. The van der Waals surface area contributed by atoms with Crippen molar-refractivity contribution in [1.29, 1.82) is 0 Å². The summed E-state index contributed by atoms with van der Waals surface area (Å²) in [6.45, 7) is 4.85. The molecule has 0 saturated heterocycles. The molecule has 3 nitrogen and oxygen atoms in total. The third-order valence-corrected chi connectivity index (χ3v) is 9.88. The van der Waals surface area contributed by atoms with Gasteiger partial charge < -0.3 is 10.2 Å². The first-order valence-electron chi connectivity index (χ1n) is 9.67. The van der Waals surface area contributed by atoms with E-state index in [0.29, 0.717) is 23.9 Å². The van der Waals surface area contributed by atoms with Gasteiger partial charge in [0.05, 0.1) is 5.41 Å². The van der Waals surface area contributed by atoms with Crippen LogP contribution in [-0.2, 0) is 4.79 Å². The van der Waals surface area contributed by atoms with Gasteiger partial charge in [-0.05, 0) is 86.4 Å². The first-order valence-corrected chi connectivity index (χ1v) is 9.67. The molecule has 6 aliphatic carbocycles. The van der Waals surface area contributed by atoms with Gasteiger partial charge in [0.2, 0.25) is 0 Å². The van der Waals surface area contributed by atoms with Crippen molar-refractivity contribution in [2.24, 2.45) is 45.3 Å². The Morgan fingerprint density at radius 2 is 1.91 bits per heavy atom. The first-order chi connectivity index (χ1) is 10.8. The van der Waals surface area contributed by atoms with Crippen molar-refractivity contribution in [2.45, 2.75) is 65.2 Å². The third kappa shape index (κ3) is 1.42. The average molecular weight is 318 g/mol. The number of rotatable bonds is 2.